The van der Waals surface area contributed by atoms with E-state index in [1.807, 2.05) is 23.8 Å². The van der Waals surface area contributed by atoms with Crippen LogP contribution in [0.2, 0.25) is 0 Å². The van der Waals surface area contributed by atoms with Crippen LogP contribution in [0.15, 0.2) is 36.9 Å². The van der Waals surface area contributed by atoms with Gasteiger partial charge in [-0.3, -0.25) is 10.1 Å². The van der Waals surface area contributed by atoms with E-state index in [-0.39, 0.29) is 10.6 Å². The van der Waals surface area contributed by atoms with Crippen molar-refractivity contribution in [3.63, 3.8) is 0 Å². The minimum absolute atomic E-state index is 0.0774. The van der Waals surface area contributed by atoms with Crippen LogP contribution in [0.3, 0.4) is 0 Å². The molecule has 0 saturated heterocycles. The number of anilines is 2. The lowest BCUT2D eigenvalue weighted by Gasteiger charge is -2.10. The molecule has 0 radical (unpaired) electrons. The van der Waals surface area contributed by atoms with Gasteiger partial charge in [0.15, 0.2) is 0 Å². The fourth-order valence-corrected chi connectivity index (χ4v) is 1.87. The molecule has 2 aromatic rings. The molecule has 0 saturated carbocycles. The molecular weight excluding hydrogens is 258 g/mol. The van der Waals surface area contributed by atoms with Gasteiger partial charge in [-0.15, -0.1) is 0 Å². The topological polar surface area (TPSA) is 85.0 Å². The fraction of sp³-hybridized carbons (Fsp3) is 0.308. The van der Waals surface area contributed by atoms with Crippen LogP contribution >= 0.6 is 0 Å². The molecule has 0 atom stereocenters. The van der Waals surface area contributed by atoms with Crippen molar-refractivity contribution < 1.29 is 4.92 Å². The van der Waals surface area contributed by atoms with E-state index in [0.29, 0.717) is 6.54 Å². The quantitative estimate of drug-likeness (QED) is 0.598. The summed E-state index contributed by atoms with van der Waals surface area (Å²) in [6, 6.07) is 4.93. The molecule has 0 unspecified atom stereocenters. The van der Waals surface area contributed by atoms with Gasteiger partial charge in [0.2, 0.25) is 0 Å². The second kappa shape index (κ2) is 6.55. The first kappa shape index (κ1) is 13.9. The van der Waals surface area contributed by atoms with E-state index in [0.717, 1.165) is 24.5 Å². The third-order valence-corrected chi connectivity index (χ3v) is 2.77. The highest BCUT2D eigenvalue weighted by atomic mass is 16.6. The molecule has 7 heteroatoms. The Morgan fingerprint density at radius 1 is 1.30 bits per heavy atom. The number of benzene rings is 1. The zero-order chi connectivity index (χ0) is 14.4. The summed E-state index contributed by atoms with van der Waals surface area (Å²) in [5, 5.41) is 17.2. The molecule has 0 aliphatic carbocycles. The Balaban J connectivity index is 2.03. The predicted molar refractivity (Wildman–Crippen MR) is 78.0 cm³/mol. The molecule has 1 heterocycles. The lowest BCUT2D eigenvalue weighted by molar-refractivity contribution is -0.384. The average molecular weight is 275 g/mol. The third-order valence-electron chi connectivity index (χ3n) is 2.77. The standard InChI is InChI=1S/C13H17N5O2/c1-2-15-11-7-12(9-13(8-11)18(19)20)16-4-6-17-5-3-14-10-17/h3,5,7-10,15-16H,2,4,6H2,1H3. The minimum atomic E-state index is -0.387. The molecule has 0 aliphatic heterocycles. The molecular formula is C13H17N5O2. The van der Waals surface area contributed by atoms with Crippen molar-refractivity contribution >= 4 is 17.1 Å². The van der Waals surface area contributed by atoms with Crippen molar-refractivity contribution in [3.8, 4) is 0 Å². The van der Waals surface area contributed by atoms with E-state index in [1.54, 1.807) is 12.5 Å². The molecule has 2 N–H and O–H groups in total. The Kier molecular flexibility index (Phi) is 4.54. The van der Waals surface area contributed by atoms with Gasteiger partial charge in [0.25, 0.3) is 5.69 Å². The van der Waals surface area contributed by atoms with Crippen molar-refractivity contribution in [2.45, 2.75) is 13.5 Å². The van der Waals surface area contributed by atoms with Crippen LogP contribution in [0, 0.1) is 10.1 Å². The van der Waals surface area contributed by atoms with Gasteiger partial charge >= 0.3 is 0 Å². The van der Waals surface area contributed by atoms with Crippen molar-refractivity contribution in [1.82, 2.24) is 9.55 Å². The molecule has 0 fully saturated rings. The lowest BCUT2D eigenvalue weighted by Crippen LogP contribution is -2.09. The third kappa shape index (κ3) is 3.71. The predicted octanol–water partition coefficient (Wildman–Crippen LogP) is 2.34. The number of imidazole rings is 1. The minimum Gasteiger partial charge on any atom is -0.385 e. The van der Waals surface area contributed by atoms with Gasteiger partial charge in [0.1, 0.15) is 0 Å². The summed E-state index contributed by atoms with van der Waals surface area (Å²) in [5.41, 5.74) is 1.55. The molecule has 0 spiro atoms. The number of nitro groups is 1. The number of nitrogens with zero attached hydrogens (tertiary/aromatic N) is 3. The zero-order valence-electron chi connectivity index (χ0n) is 11.2. The van der Waals surface area contributed by atoms with Crippen molar-refractivity contribution in [2.24, 2.45) is 0 Å². The maximum absolute atomic E-state index is 10.9. The maximum atomic E-state index is 10.9. The second-order valence-corrected chi connectivity index (χ2v) is 4.28. The monoisotopic (exact) mass is 275 g/mol. The first-order valence-corrected chi connectivity index (χ1v) is 6.42. The van der Waals surface area contributed by atoms with E-state index < -0.39 is 0 Å². The fourth-order valence-electron chi connectivity index (χ4n) is 1.87. The van der Waals surface area contributed by atoms with Gasteiger partial charge in [-0.2, -0.15) is 0 Å². The summed E-state index contributed by atoms with van der Waals surface area (Å²) in [6.45, 7) is 4.09. The number of hydrogen-bond acceptors (Lipinski definition) is 5. The highest BCUT2D eigenvalue weighted by Crippen LogP contribution is 2.24. The number of hydrogen-bond donors (Lipinski definition) is 2. The molecule has 0 aliphatic rings. The lowest BCUT2D eigenvalue weighted by atomic mass is 10.2. The zero-order valence-corrected chi connectivity index (χ0v) is 11.2. The van der Waals surface area contributed by atoms with Crippen molar-refractivity contribution in [2.75, 3.05) is 23.7 Å². The van der Waals surface area contributed by atoms with E-state index in [1.165, 1.54) is 12.1 Å². The molecule has 0 amide bonds. The first-order chi connectivity index (χ1) is 9.69. The summed E-state index contributed by atoms with van der Waals surface area (Å²) in [6.07, 6.45) is 5.33. The van der Waals surface area contributed by atoms with Crippen LogP contribution in [0.4, 0.5) is 17.1 Å². The molecule has 1 aromatic carbocycles. The summed E-state index contributed by atoms with van der Waals surface area (Å²) in [7, 11) is 0. The second-order valence-electron chi connectivity index (χ2n) is 4.28. The van der Waals surface area contributed by atoms with E-state index >= 15 is 0 Å². The van der Waals surface area contributed by atoms with Crippen LogP contribution in [0.25, 0.3) is 0 Å². The van der Waals surface area contributed by atoms with E-state index in [4.69, 9.17) is 0 Å². The van der Waals surface area contributed by atoms with Crippen LogP contribution < -0.4 is 10.6 Å². The van der Waals surface area contributed by atoms with Crippen LogP contribution in [-0.4, -0.2) is 27.6 Å². The van der Waals surface area contributed by atoms with Crippen molar-refractivity contribution in [1.29, 1.82) is 0 Å². The maximum Gasteiger partial charge on any atom is 0.273 e. The smallest absolute Gasteiger partial charge is 0.273 e. The molecule has 20 heavy (non-hydrogen) atoms. The largest absolute Gasteiger partial charge is 0.385 e. The Morgan fingerprint density at radius 3 is 2.65 bits per heavy atom. The van der Waals surface area contributed by atoms with Crippen LogP contribution in [-0.2, 0) is 6.54 Å². The van der Waals surface area contributed by atoms with Crippen LogP contribution in [0.1, 0.15) is 6.92 Å². The summed E-state index contributed by atoms with van der Waals surface area (Å²) >= 11 is 0. The molecule has 1 aromatic heterocycles. The highest BCUT2D eigenvalue weighted by molar-refractivity contribution is 5.63. The Hall–Kier alpha value is -2.57. The molecule has 106 valence electrons. The first-order valence-electron chi connectivity index (χ1n) is 6.42. The normalized spacial score (nSPS) is 10.2. The summed E-state index contributed by atoms with van der Waals surface area (Å²) in [5.74, 6) is 0. The van der Waals surface area contributed by atoms with Gasteiger partial charge in [-0.1, -0.05) is 0 Å². The number of rotatable bonds is 7. The van der Waals surface area contributed by atoms with Gasteiger partial charge in [0.05, 0.1) is 11.3 Å². The Labute approximate surface area is 116 Å². The van der Waals surface area contributed by atoms with E-state index in [2.05, 4.69) is 15.6 Å². The Bertz CT molecular complexity index is 568. The van der Waals surface area contributed by atoms with Gasteiger partial charge in [-0.05, 0) is 13.0 Å². The average Bonchev–Trinajstić information content (AvgIpc) is 2.92. The molecule has 2 rings (SSSR count). The summed E-state index contributed by atoms with van der Waals surface area (Å²) in [4.78, 5) is 14.5. The SMILES string of the molecule is CCNc1cc(NCCn2ccnc2)cc([N+](=O)[O-])c1. The molecule has 7 nitrogen and oxygen atoms in total. The van der Waals surface area contributed by atoms with Crippen LogP contribution in [0.5, 0.6) is 0 Å². The summed E-state index contributed by atoms with van der Waals surface area (Å²) < 4.78 is 1.94. The Morgan fingerprint density at radius 2 is 2.05 bits per heavy atom. The van der Waals surface area contributed by atoms with E-state index in [9.17, 15) is 10.1 Å². The highest BCUT2D eigenvalue weighted by Gasteiger charge is 2.09. The van der Waals surface area contributed by atoms with Gasteiger partial charge in [-0.25, -0.2) is 4.98 Å². The van der Waals surface area contributed by atoms with Gasteiger partial charge in [0, 0.05) is 55.5 Å². The molecule has 0 bridgehead atoms. The number of aromatic nitrogens is 2. The van der Waals surface area contributed by atoms with Crippen molar-refractivity contribution in [3.05, 3.63) is 47.0 Å². The van der Waals surface area contributed by atoms with Gasteiger partial charge < -0.3 is 15.2 Å². The number of nitrogens with one attached hydrogen (secondary N) is 2. The number of nitro benzene ring substituents is 1. The number of non-ortho nitro benzene ring substituents is 1.